The minimum absolute atomic E-state index is 0.294. The molecule has 3 N–H and O–H groups in total. The van der Waals surface area contributed by atoms with E-state index in [2.05, 4.69) is 15.9 Å². The highest BCUT2D eigenvalue weighted by Gasteiger charge is 2.16. The summed E-state index contributed by atoms with van der Waals surface area (Å²) in [5.41, 5.74) is 8.07. The third kappa shape index (κ3) is 2.56. The van der Waals surface area contributed by atoms with Crippen LogP contribution in [0.15, 0.2) is 22.7 Å². The SMILES string of the molecule is CCC(O)C(N)c1cc(Br)ccc1C. The van der Waals surface area contributed by atoms with Gasteiger partial charge in [-0.3, -0.25) is 0 Å². The van der Waals surface area contributed by atoms with E-state index in [-0.39, 0.29) is 6.04 Å². The summed E-state index contributed by atoms with van der Waals surface area (Å²) in [4.78, 5) is 0. The van der Waals surface area contributed by atoms with Gasteiger partial charge in [-0.25, -0.2) is 0 Å². The quantitative estimate of drug-likeness (QED) is 0.875. The van der Waals surface area contributed by atoms with E-state index in [1.165, 1.54) is 0 Å². The molecule has 0 radical (unpaired) electrons. The number of aliphatic hydroxyl groups is 1. The molecular weight excluding hydrogens is 242 g/mol. The Morgan fingerprint density at radius 2 is 2.14 bits per heavy atom. The molecule has 0 aromatic heterocycles. The van der Waals surface area contributed by atoms with E-state index in [4.69, 9.17) is 5.73 Å². The number of hydrogen-bond acceptors (Lipinski definition) is 2. The van der Waals surface area contributed by atoms with Gasteiger partial charge < -0.3 is 10.8 Å². The molecule has 0 aliphatic heterocycles. The van der Waals surface area contributed by atoms with Crippen molar-refractivity contribution in [2.24, 2.45) is 5.73 Å². The minimum Gasteiger partial charge on any atom is -0.391 e. The smallest absolute Gasteiger partial charge is 0.0730 e. The molecular formula is C11H16BrNO. The lowest BCUT2D eigenvalue weighted by molar-refractivity contribution is 0.140. The molecule has 2 atom stereocenters. The Bertz CT molecular complexity index is 314. The summed E-state index contributed by atoms with van der Waals surface area (Å²) in [6.45, 7) is 3.93. The highest BCUT2D eigenvalue weighted by Crippen LogP contribution is 2.23. The van der Waals surface area contributed by atoms with Gasteiger partial charge in [0.15, 0.2) is 0 Å². The van der Waals surface area contributed by atoms with Crippen LogP contribution in [0.3, 0.4) is 0 Å². The van der Waals surface area contributed by atoms with Crippen LogP contribution >= 0.6 is 15.9 Å². The molecule has 0 saturated heterocycles. The second kappa shape index (κ2) is 4.91. The van der Waals surface area contributed by atoms with Crippen molar-refractivity contribution in [3.05, 3.63) is 33.8 Å². The molecule has 1 aromatic carbocycles. The zero-order valence-electron chi connectivity index (χ0n) is 8.50. The van der Waals surface area contributed by atoms with E-state index in [0.29, 0.717) is 6.42 Å². The zero-order valence-corrected chi connectivity index (χ0v) is 10.1. The van der Waals surface area contributed by atoms with E-state index in [1.54, 1.807) is 0 Å². The minimum atomic E-state index is -0.469. The van der Waals surface area contributed by atoms with Crippen LogP contribution in [0.5, 0.6) is 0 Å². The molecule has 0 fully saturated rings. The average molecular weight is 258 g/mol. The third-order valence-corrected chi connectivity index (χ3v) is 2.93. The normalized spacial score (nSPS) is 15.2. The number of halogens is 1. The van der Waals surface area contributed by atoms with Crippen molar-refractivity contribution >= 4 is 15.9 Å². The largest absolute Gasteiger partial charge is 0.391 e. The summed E-state index contributed by atoms with van der Waals surface area (Å²) in [5, 5.41) is 9.65. The first-order valence-electron chi connectivity index (χ1n) is 4.76. The molecule has 0 heterocycles. The summed E-state index contributed by atoms with van der Waals surface area (Å²) >= 11 is 3.40. The molecule has 3 heteroatoms. The lowest BCUT2D eigenvalue weighted by atomic mass is 9.97. The van der Waals surface area contributed by atoms with Crippen molar-refractivity contribution in [3.63, 3.8) is 0 Å². The second-order valence-electron chi connectivity index (χ2n) is 3.50. The summed E-state index contributed by atoms with van der Waals surface area (Å²) in [7, 11) is 0. The van der Waals surface area contributed by atoms with Crippen LogP contribution in [0, 0.1) is 6.92 Å². The molecule has 2 nitrogen and oxygen atoms in total. The Kier molecular flexibility index (Phi) is 4.11. The molecule has 0 spiro atoms. The topological polar surface area (TPSA) is 46.2 Å². The molecule has 2 unspecified atom stereocenters. The lowest BCUT2D eigenvalue weighted by Gasteiger charge is -2.19. The van der Waals surface area contributed by atoms with Gasteiger partial charge in [0.25, 0.3) is 0 Å². The third-order valence-electron chi connectivity index (χ3n) is 2.43. The second-order valence-corrected chi connectivity index (χ2v) is 4.42. The van der Waals surface area contributed by atoms with Gasteiger partial charge in [0, 0.05) is 4.47 Å². The molecule has 78 valence electrons. The fourth-order valence-corrected chi connectivity index (χ4v) is 1.81. The Morgan fingerprint density at radius 3 is 2.71 bits per heavy atom. The summed E-state index contributed by atoms with van der Waals surface area (Å²) in [6, 6.07) is 5.65. The number of aliphatic hydroxyl groups excluding tert-OH is 1. The van der Waals surface area contributed by atoms with Crippen molar-refractivity contribution in [2.75, 3.05) is 0 Å². The van der Waals surface area contributed by atoms with Crippen LogP contribution in [-0.4, -0.2) is 11.2 Å². The maximum Gasteiger partial charge on any atom is 0.0730 e. The number of rotatable bonds is 3. The van der Waals surface area contributed by atoms with Gasteiger partial charge in [0.1, 0.15) is 0 Å². The first-order valence-corrected chi connectivity index (χ1v) is 5.55. The monoisotopic (exact) mass is 257 g/mol. The van der Waals surface area contributed by atoms with E-state index >= 15 is 0 Å². The van der Waals surface area contributed by atoms with Crippen molar-refractivity contribution in [1.82, 2.24) is 0 Å². The molecule has 0 aliphatic rings. The van der Waals surface area contributed by atoms with Gasteiger partial charge in [0.05, 0.1) is 12.1 Å². The molecule has 1 rings (SSSR count). The first kappa shape index (κ1) is 11.7. The fraction of sp³-hybridized carbons (Fsp3) is 0.455. The Labute approximate surface area is 93.3 Å². The summed E-state index contributed by atoms with van der Waals surface area (Å²) in [5.74, 6) is 0. The summed E-state index contributed by atoms with van der Waals surface area (Å²) < 4.78 is 0.997. The van der Waals surface area contributed by atoms with Crippen molar-refractivity contribution in [3.8, 4) is 0 Å². The maximum atomic E-state index is 9.65. The predicted molar refractivity (Wildman–Crippen MR) is 62.1 cm³/mol. The fourth-order valence-electron chi connectivity index (χ4n) is 1.43. The Hall–Kier alpha value is -0.380. The maximum absolute atomic E-state index is 9.65. The summed E-state index contributed by atoms with van der Waals surface area (Å²) in [6.07, 6.45) is 0.204. The van der Waals surface area contributed by atoms with Crippen LogP contribution < -0.4 is 5.73 Å². The van der Waals surface area contributed by atoms with Crippen LogP contribution in [0.1, 0.15) is 30.5 Å². The number of hydrogen-bond donors (Lipinski definition) is 2. The van der Waals surface area contributed by atoms with Crippen LogP contribution in [0.25, 0.3) is 0 Å². The van der Waals surface area contributed by atoms with E-state index < -0.39 is 6.10 Å². The molecule has 0 saturated carbocycles. The number of benzene rings is 1. The van der Waals surface area contributed by atoms with Crippen molar-refractivity contribution in [1.29, 1.82) is 0 Å². The molecule has 0 amide bonds. The number of aryl methyl sites for hydroxylation is 1. The highest BCUT2D eigenvalue weighted by molar-refractivity contribution is 9.10. The molecule has 1 aromatic rings. The predicted octanol–water partition coefficient (Wildman–Crippen LogP) is 2.53. The van der Waals surface area contributed by atoms with Crippen LogP contribution in [-0.2, 0) is 0 Å². The van der Waals surface area contributed by atoms with Crippen LogP contribution in [0.2, 0.25) is 0 Å². The van der Waals surface area contributed by atoms with Gasteiger partial charge in [-0.2, -0.15) is 0 Å². The molecule has 0 aliphatic carbocycles. The average Bonchev–Trinajstić information content (AvgIpc) is 2.19. The standard InChI is InChI=1S/C11H16BrNO/c1-3-10(14)11(13)9-6-8(12)5-4-7(9)2/h4-6,10-11,14H,3,13H2,1-2H3. The van der Waals surface area contributed by atoms with Gasteiger partial charge in [-0.15, -0.1) is 0 Å². The van der Waals surface area contributed by atoms with E-state index in [9.17, 15) is 5.11 Å². The van der Waals surface area contributed by atoms with E-state index in [1.807, 2.05) is 32.0 Å². The van der Waals surface area contributed by atoms with Crippen molar-refractivity contribution < 1.29 is 5.11 Å². The van der Waals surface area contributed by atoms with Gasteiger partial charge in [0.2, 0.25) is 0 Å². The molecule has 0 bridgehead atoms. The zero-order chi connectivity index (χ0) is 10.7. The van der Waals surface area contributed by atoms with Gasteiger partial charge in [-0.05, 0) is 36.6 Å². The molecule has 14 heavy (non-hydrogen) atoms. The van der Waals surface area contributed by atoms with Gasteiger partial charge >= 0.3 is 0 Å². The lowest BCUT2D eigenvalue weighted by Crippen LogP contribution is -2.26. The first-order chi connectivity index (χ1) is 6.56. The highest BCUT2D eigenvalue weighted by atomic mass is 79.9. The number of nitrogens with two attached hydrogens (primary N) is 1. The Balaban J connectivity index is 2.99. The Morgan fingerprint density at radius 1 is 1.50 bits per heavy atom. The van der Waals surface area contributed by atoms with Crippen molar-refractivity contribution in [2.45, 2.75) is 32.4 Å². The van der Waals surface area contributed by atoms with Gasteiger partial charge in [-0.1, -0.05) is 28.9 Å². The van der Waals surface area contributed by atoms with Crippen LogP contribution in [0.4, 0.5) is 0 Å². The van der Waals surface area contributed by atoms with E-state index in [0.717, 1.165) is 15.6 Å².